The van der Waals surface area contributed by atoms with Crippen molar-refractivity contribution in [2.45, 2.75) is 12.1 Å². The zero-order valence-corrected chi connectivity index (χ0v) is 11.8. The Morgan fingerprint density at radius 1 is 1.56 bits per heavy atom. The molecule has 1 heterocycles. The minimum absolute atomic E-state index is 0.333. The molecule has 18 heavy (non-hydrogen) atoms. The largest absolute Gasteiger partial charge is 0.462 e. The molecule has 0 N–H and O–H groups in total. The molecule has 0 unspecified atom stereocenters. The molecule has 0 aliphatic carbocycles. The van der Waals surface area contributed by atoms with E-state index in [1.807, 2.05) is 31.5 Å². The van der Waals surface area contributed by atoms with Gasteiger partial charge in [0.05, 0.1) is 12.3 Å². The van der Waals surface area contributed by atoms with Crippen molar-refractivity contribution in [3.63, 3.8) is 0 Å². The van der Waals surface area contributed by atoms with Crippen LogP contribution in [0, 0.1) is 0 Å². The first kappa shape index (κ1) is 14.5. The lowest BCUT2D eigenvalue weighted by Gasteiger charge is -2.07. The molecule has 0 aromatic carbocycles. The highest BCUT2D eigenvalue weighted by Crippen LogP contribution is 2.14. The van der Waals surface area contributed by atoms with Gasteiger partial charge in [-0.15, -0.1) is 0 Å². The minimum atomic E-state index is -0.399. The third kappa shape index (κ3) is 4.03. The molecule has 0 radical (unpaired) electrons. The summed E-state index contributed by atoms with van der Waals surface area (Å²) in [6, 6.07) is 0. The van der Waals surface area contributed by atoms with Crippen LogP contribution in [0.3, 0.4) is 0 Å². The van der Waals surface area contributed by atoms with Crippen LogP contribution in [0.25, 0.3) is 6.08 Å². The maximum atomic E-state index is 11.8. The average Bonchev–Trinajstić information content (AvgIpc) is 2.36. The number of hydrogen-bond acceptors (Lipinski definition) is 6. The van der Waals surface area contributed by atoms with Crippen molar-refractivity contribution in [1.29, 1.82) is 0 Å². The quantitative estimate of drug-likeness (QED) is 0.461. The van der Waals surface area contributed by atoms with Crippen molar-refractivity contribution >= 4 is 23.8 Å². The van der Waals surface area contributed by atoms with Crippen LogP contribution in [-0.4, -0.2) is 47.8 Å². The molecule has 0 aliphatic heterocycles. The van der Waals surface area contributed by atoms with Crippen LogP contribution < -0.4 is 0 Å². The number of carbonyl (C=O) groups is 1. The number of thioether (sulfide) groups is 1. The van der Waals surface area contributed by atoms with E-state index in [9.17, 15) is 4.79 Å². The normalized spacial score (nSPS) is 10.7. The van der Waals surface area contributed by atoms with Crippen molar-refractivity contribution in [2.24, 2.45) is 0 Å². The van der Waals surface area contributed by atoms with Gasteiger partial charge in [0.25, 0.3) is 0 Å². The van der Waals surface area contributed by atoms with E-state index in [4.69, 9.17) is 4.74 Å². The number of rotatable bonds is 5. The Labute approximate surface area is 111 Å². The summed E-state index contributed by atoms with van der Waals surface area (Å²) in [7, 11) is 3.80. The Bertz CT molecular complexity index is 447. The third-order valence-electron chi connectivity index (χ3n) is 2.00. The van der Waals surface area contributed by atoms with Gasteiger partial charge < -0.3 is 9.64 Å². The summed E-state index contributed by atoms with van der Waals surface area (Å²) in [5.41, 5.74) is 0.953. The van der Waals surface area contributed by atoms with Crippen molar-refractivity contribution in [3.05, 3.63) is 23.7 Å². The monoisotopic (exact) mass is 267 g/mol. The molecule has 0 fully saturated rings. The molecule has 1 aromatic rings. The van der Waals surface area contributed by atoms with Gasteiger partial charge >= 0.3 is 5.97 Å². The standard InChI is InChI=1S/C12H17N3O2S/c1-5-17-11(16)9-8-13-12(18-4)14-10(9)6-7-15(2)3/h6-8H,5H2,1-4H3/b7-6+. The van der Waals surface area contributed by atoms with Gasteiger partial charge in [-0.3, -0.25) is 0 Å². The molecule has 0 saturated carbocycles. The van der Waals surface area contributed by atoms with Gasteiger partial charge in [-0.2, -0.15) is 0 Å². The topological polar surface area (TPSA) is 55.3 Å². The highest BCUT2D eigenvalue weighted by Gasteiger charge is 2.13. The molecule has 0 saturated heterocycles. The van der Waals surface area contributed by atoms with Gasteiger partial charge in [-0.05, 0) is 19.3 Å². The lowest BCUT2D eigenvalue weighted by molar-refractivity contribution is 0.0525. The second kappa shape index (κ2) is 7.00. The molecule has 6 heteroatoms. The Kier molecular flexibility index (Phi) is 5.64. The predicted octanol–water partition coefficient (Wildman–Crippen LogP) is 1.91. The SMILES string of the molecule is CCOC(=O)c1cnc(SC)nc1/C=C/N(C)C. The molecule has 0 spiro atoms. The number of esters is 1. The van der Waals surface area contributed by atoms with Gasteiger partial charge in [0.2, 0.25) is 0 Å². The maximum absolute atomic E-state index is 11.8. The highest BCUT2D eigenvalue weighted by molar-refractivity contribution is 7.98. The zero-order chi connectivity index (χ0) is 13.5. The third-order valence-corrected chi connectivity index (χ3v) is 2.57. The molecule has 0 aliphatic rings. The van der Waals surface area contributed by atoms with E-state index >= 15 is 0 Å². The van der Waals surface area contributed by atoms with Gasteiger partial charge in [-0.25, -0.2) is 14.8 Å². The summed E-state index contributed by atoms with van der Waals surface area (Å²) in [5, 5.41) is 0.626. The summed E-state index contributed by atoms with van der Waals surface area (Å²) in [6.45, 7) is 2.10. The van der Waals surface area contributed by atoms with Crippen LogP contribution in [-0.2, 0) is 4.74 Å². The second-order valence-electron chi connectivity index (χ2n) is 3.66. The van der Waals surface area contributed by atoms with Gasteiger partial charge in [0.15, 0.2) is 5.16 Å². The Hall–Kier alpha value is -1.56. The summed E-state index contributed by atoms with van der Waals surface area (Å²) >= 11 is 1.43. The van der Waals surface area contributed by atoms with E-state index in [2.05, 4.69) is 9.97 Å². The molecular formula is C12H17N3O2S. The van der Waals surface area contributed by atoms with Gasteiger partial charge in [0.1, 0.15) is 5.56 Å². The van der Waals surface area contributed by atoms with E-state index in [-0.39, 0.29) is 0 Å². The summed E-state index contributed by atoms with van der Waals surface area (Å²) in [5.74, 6) is -0.399. The molecule has 1 rings (SSSR count). The molecule has 0 bridgehead atoms. The first-order valence-electron chi connectivity index (χ1n) is 5.51. The lowest BCUT2D eigenvalue weighted by atomic mass is 10.2. The Morgan fingerprint density at radius 2 is 2.28 bits per heavy atom. The number of hydrogen-bond donors (Lipinski definition) is 0. The fourth-order valence-corrected chi connectivity index (χ4v) is 1.54. The first-order valence-corrected chi connectivity index (χ1v) is 6.73. The van der Waals surface area contributed by atoms with E-state index in [0.717, 1.165) is 0 Å². The van der Waals surface area contributed by atoms with Crippen LogP contribution in [0.5, 0.6) is 0 Å². The summed E-state index contributed by atoms with van der Waals surface area (Å²) in [6.07, 6.45) is 6.99. The smallest absolute Gasteiger partial charge is 0.341 e. The molecule has 0 atom stereocenters. The molecule has 5 nitrogen and oxygen atoms in total. The van der Waals surface area contributed by atoms with E-state index in [0.29, 0.717) is 23.0 Å². The van der Waals surface area contributed by atoms with E-state index in [1.54, 1.807) is 13.0 Å². The second-order valence-corrected chi connectivity index (χ2v) is 4.43. The Morgan fingerprint density at radius 3 is 2.83 bits per heavy atom. The lowest BCUT2D eigenvalue weighted by Crippen LogP contribution is -2.10. The number of nitrogens with zero attached hydrogens (tertiary/aromatic N) is 3. The Balaban J connectivity index is 3.11. The van der Waals surface area contributed by atoms with E-state index < -0.39 is 5.97 Å². The zero-order valence-electron chi connectivity index (χ0n) is 11.0. The highest BCUT2D eigenvalue weighted by atomic mass is 32.2. The van der Waals surface area contributed by atoms with Crippen LogP contribution in [0.4, 0.5) is 0 Å². The number of carbonyl (C=O) groups excluding carboxylic acids is 1. The molecule has 0 amide bonds. The van der Waals surface area contributed by atoms with Gasteiger partial charge in [0, 0.05) is 26.5 Å². The number of ether oxygens (including phenoxy) is 1. The van der Waals surface area contributed by atoms with Crippen molar-refractivity contribution in [1.82, 2.24) is 14.9 Å². The first-order chi connectivity index (χ1) is 8.58. The van der Waals surface area contributed by atoms with Crippen LogP contribution in [0.1, 0.15) is 23.0 Å². The van der Waals surface area contributed by atoms with Crippen LogP contribution in [0.2, 0.25) is 0 Å². The fraction of sp³-hybridized carbons (Fsp3) is 0.417. The minimum Gasteiger partial charge on any atom is -0.462 e. The maximum Gasteiger partial charge on any atom is 0.341 e. The molecule has 1 aromatic heterocycles. The molecular weight excluding hydrogens is 250 g/mol. The van der Waals surface area contributed by atoms with Crippen molar-refractivity contribution in [2.75, 3.05) is 27.0 Å². The van der Waals surface area contributed by atoms with Crippen LogP contribution in [0.15, 0.2) is 17.6 Å². The van der Waals surface area contributed by atoms with Crippen LogP contribution >= 0.6 is 11.8 Å². The molecule has 98 valence electrons. The van der Waals surface area contributed by atoms with Crippen molar-refractivity contribution < 1.29 is 9.53 Å². The average molecular weight is 267 g/mol. The van der Waals surface area contributed by atoms with Crippen molar-refractivity contribution in [3.8, 4) is 0 Å². The van der Waals surface area contributed by atoms with E-state index in [1.165, 1.54) is 18.0 Å². The fourth-order valence-electron chi connectivity index (χ4n) is 1.19. The predicted molar refractivity (Wildman–Crippen MR) is 72.5 cm³/mol. The summed E-state index contributed by atoms with van der Waals surface area (Å²) < 4.78 is 4.98. The summed E-state index contributed by atoms with van der Waals surface area (Å²) in [4.78, 5) is 22.0. The number of aromatic nitrogens is 2. The van der Waals surface area contributed by atoms with Gasteiger partial charge in [-0.1, -0.05) is 11.8 Å².